The van der Waals surface area contributed by atoms with Crippen molar-refractivity contribution in [3.63, 3.8) is 0 Å². The predicted octanol–water partition coefficient (Wildman–Crippen LogP) is 4.31. The minimum atomic E-state index is 0.612. The molecule has 0 radical (unpaired) electrons. The first-order chi connectivity index (χ1) is 13.3. The topological polar surface area (TPSA) is 96.3 Å². The first kappa shape index (κ1) is 14.2. The van der Waals surface area contributed by atoms with E-state index in [2.05, 4.69) is 31.0 Å². The van der Waals surface area contributed by atoms with E-state index in [0.717, 1.165) is 38.9 Å². The van der Waals surface area contributed by atoms with E-state index in [1.165, 1.54) is 0 Å². The van der Waals surface area contributed by atoms with Crippen LogP contribution in [0.1, 0.15) is 0 Å². The van der Waals surface area contributed by atoms with Gasteiger partial charge in [0.25, 0.3) is 0 Å². The number of aromatic nitrogens is 6. The lowest BCUT2D eigenvalue weighted by atomic mass is 10.2. The largest absolute Gasteiger partial charge is 0.436 e. The van der Waals surface area contributed by atoms with Crippen molar-refractivity contribution < 1.29 is 4.42 Å². The molecule has 7 heteroatoms. The average molecular weight is 352 g/mol. The Labute approximate surface area is 152 Å². The Balaban J connectivity index is 1.46. The number of imidazole rings is 1. The second-order valence-electron chi connectivity index (χ2n) is 6.32. The minimum Gasteiger partial charge on any atom is -0.436 e. The lowest BCUT2D eigenvalue weighted by Gasteiger charge is -1.97. The van der Waals surface area contributed by atoms with E-state index in [1.807, 2.05) is 36.4 Å². The molecule has 0 saturated carbocycles. The van der Waals surface area contributed by atoms with Crippen LogP contribution in [0.25, 0.3) is 56.0 Å². The predicted molar refractivity (Wildman–Crippen MR) is 102 cm³/mol. The van der Waals surface area contributed by atoms with Crippen molar-refractivity contribution in [1.29, 1.82) is 0 Å². The van der Waals surface area contributed by atoms with E-state index in [1.54, 1.807) is 18.7 Å². The molecule has 0 aromatic carbocycles. The Hall–Kier alpha value is -4.00. The third-order valence-electron chi connectivity index (χ3n) is 4.61. The number of aromatic amines is 2. The van der Waals surface area contributed by atoms with E-state index in [-0.39, 0.29) is 0 Å². The number of nitrogens with zero attached hydrogens (tertiary/aromatic N) is 4. The summed E-state index contributed by atoms with van der Waals surface area (Å²) >= 11 is 0. The second-order valence-corrected chi connectivity index (χ2v) is 6.32. The van der Waals surface area contributed by atoms with Gasteiger partial charge in [-0.15, -0.1) is 0 Å². The summed E-state index contributed by atoms with van der Waals surface area (Å²) in [7, 11) is 0. The summed E-state index contributed by atoms with van der Waals surface area (Å²) < 4.78 is 5.83. The molecule has 0 atom stereocenters. The van der Waals surface area contributed by atoms with Crippen molar-refractivity contribution in [2.24, 2.45) is 0 Å². The number of fused-ring (bicyclic) bond motifs is 3. The van der Waals surface area contributed by atoms with Crippen LogP contribution in [0, 0.1) is 0 Å². The molecule has 128 valence electrons. The minimum absolute atomic E-state index is 0.612. The third-order valence-corrected chi connectivity index (χ3v) is 4.61. The molecule has 0 unspecified atom stereocenters. The van der Waals surface area contributed by atoms with Crippen LogP contribution in [0.3, 0.4) is 0 Å². The molecule has 0 saturated heterocycles. The SMILES string of the molecule is c1cnc2oc(-c3ccc4cc(-c5cnc6nc[nH]c6c5)[nH]c4n3)cc2c1. The highest BCUT2D eigenvalue weighted by Crippen LogP contribution is 2.29. The van der Waals surface area contributed by atoms with Gasteiger partial charge in [0.2, 0.25) is 5.71 Å². The highest BCUT2D eigenvalue weighted by atomic mass is 16.3. The Morgan fingerprint density at radius 3 is 2.89 bits per heavy atom. The molecule has 0 spiro atoms. The number of furan rings is 1. The number of hydrogen-bond donors (Lipinski definition) is 2. The fourth-order valence-electron chi connectivity index (χ4n) is 3.27. The van der Waals surface area contributed by atoms with Crippen molar-refractivity contribution in [3.8, 4) is 22.7 Å². The Morgan fingerprint density at radius 2 is 1.93 bits per heavy atom. The van der Waals surface area contributed by atoms with Crippen LogP contribution in [0.2, 0.25) is 0 Å². The van der Waals surface area contributed by atoms with Crippen molar-refractivity contribution in [2.45, 2.75) is 0 Å². The zero-order valence-corrected chi connectivity index (χ0v) is 14.0. The average Bonchev–Trinajstić information content (AvgIpc) is 3.42. The Morgan fingerprint density at radius 1 is 0.926 bits per heavy atom. The molecule has 27 heavy (non-hydrogen) atoms. The summed E-state index contributed by atoms with van der Waals surface area (Å²) in [5.74, 6) is 0.697. The van der Waals surface area contributed by atoms with Gasteiger partial charge in [-0.1, -0.05) is 0 Å². The van der Waals surface area contributed by atoms with E-state index in [4.69, 9.17) is 9.40 Å². The summed E-state index contributed by atoms with van der Waals surface area (Å²) in [6, 6.07) is 13.9. The van der Waals surface area contributed by atoms with Gasteiger partial charge in [0.1, 0.15) is 11.3 Å². The molecule has 7 nitrogen and oxygen atoms in total. The Bertz CT molecular complexity index is 1410. The molecule has 0 fully saturated rings. The number of H-pyrrole nitrogens is 2. The summed E-state index contributed by atoms with van der Waals surface area (Å²) in [5, 5.41) is 1.98. The molecule has 6 rings (SSSR count). The molecular weight excluding hydrogens is 340 g/mol. The van der Waals surface area contributed by atoms with Crippen LogP contribution in [0.15, 0.2) is 65.6 Å². The molecule has 0 aliphatic heterocycles. The molecule has 6 heterocycles. The van der Waals surface area contributed by atoms with E-state index >= 15 is 0 Å². The van der Waals surface area contributed by atoms with Crippen LogP contribution in [0.5, 0.6) is 0 Å². The molecule has 0 aliphatic rings. The van der Waals surface area contributed by atoms with Gasteiger partial charge in [-0.25, -0.2) is 19.9 Å². The summed E-state index contributed by atoms with van der Waals surface area (Å²) in [4.78, 5) is 23.9. The molecular formula is C20H12N6O. The first-order valence-electron chi connectivity index (χ1n) is 8.48. The maximum Gasteiger partial charge on any atom is 0.226 e. The number of hydrogen-bond acceptors (Lipinski definition) is 5. The van der Waals surface area contributed by atoms with Crippen LogP contribution in [-0.4, -0.2) is 29.9 Å². The third kappa shape index (κ3) is 2.22. The maximum absolute atomic E-state index is 5.83. The lowest BCUT2D eigenvalue weighted by Crippen LogP contribution is -1.84. The molecule has 6 aromatic heterocycles. The van der Waals surface area contributed by atoms with Crippen molar-refractivity contribution >= 4 is 33.3 Å². The van der Waals surface area contributed by atoms with E-state index in [0.29, 0.717) is 17.1 Å². The van der Waals surface area contributed by atoms with Gasteiger partial charge < -0.3 is 14.4 Å². The number of nitrogens with one attached hydrogen (secondary N) is 2. The summed E-state index contributed by atoms with van der Waals surface area (Å²) in [6.45, 7) is 0. The van der Waals surface area contributed by atoms with Crippen molar-refractivity contribution in [1.82, 2.24) is 29.9 Å². The zero-order valence-electron chi connectivity index (χ0n) is 14.0. The van der Waals surface area contributed by atoms with Gasteiger partial charge >= 0.3 is 0 Å². The van der Waals surface area contributed by atoms with Crippen LogP contribution in [0.4, 0.5) is 0 Å². The second kappa shape index (κ2) is 5.25. The molecule has 0 aliphatic carbocycles. The Kier molecular flexibility index (Phi) is 2.76. The van der Waals surface area contributed by atoms with Gasteiger partial charge in [0.15, 0.2) is 11.4 Å². The normalized spacial score (nSPS) is 11.7. The van der Waals surface area contributed by atoms with Crippen molar-refractivity contribution in [2.75, 3.05) is 0 Å². The molecule has 0 amide bonds. The number of pyridine rings is 3. The number of rotatable bonds is 2. The molecule has 0 bridgehead atoms. The van der Waals surface area contributed by atoms with Crippen LogP contribution >= 0.6 is 0 Å². The fraction of sp³-hybridized carbons (Fsp3) is 0. The van der Waals surface area contributed by atoms with Crippen LogP contribution < -0.4 is 0 Å². The van der Waals surface area contributed by atoms with Gasteiger partial charge in [-0.2, -0.15) is 0 Å². The summed E-state index contributed by atoms with van der Waals surface area (Å²) in [6.07, 6.45) is 5.16. The fourth-order valence-corrected chi connectivity index (χ4v) is 3.27. The zero-order chi connectivity index (χ0) is 17.8. The molecule has 2 N–H and O–H groups in total. The van der Waals surface area contributed by atoms with Crippen molar-refractivity contribution in [3.05, 3.63) is 61.2 Å². The summed E-state index contributed by atoms with van der Waals surface area (Å²) in [5.41, 5.74) is 5.68. The van der Waals surface area contributed by atoms with Gasteiger partial charge in [-0.3, -0.25) is 0 Å². The maximum atomic E-state index is 5.83. The van der Waals surface area contributed by atoms with E-state index in [9.17, 15) is 0 Å². The highest BCUT2D eigenvalue weighted by molar-refractivity contribution is 5.87. The standard InChI is InChI=1S/C20H12N6O/c1-2-12-8-17(27-20(12)21-5-1)14-4-3-11-6-15(26-18(11)25-14)13-7-16-19(22-9-13)24-10-23-16/h1-10H,(H,25,26)(H,22,23,24). The van der Waals surface area contributed by atoms with Gasteiger partial charge in [0.05, 0.1) is 11.8 Å². The monoisotopic (exact) mass is 352 g/mol. The molecule has 6 aromatic rings. The quantitative estimate of drug-likeness (QED) is 0.484. The first-order valence-corrected chi connectivity index (χ1v) is 8.48. The van der Waals surface area contributed by atoms with Crippen LogP contribution in [-0.2, 0) is 0 Å². The van der Waals surface area contributed by atoms with Gasteiger partial charge in [-0.05, 0) is 42.5 Å². The lowest BCUT2D eigenvalue weighted by molar-refractivity contribution is 0.616. The van der Waals surface area contributed by atoms with Gasteiger partial charge in [0, 0.05) is 34.4 Å². The highest BCUT2D eigenvalue weighted by Gasteiger charge is 2.11. The smallest absolute Gasteiger partial charge is 0.226 e. The van der Waals surface area contributed by atoms with E-state index < -0.39 is 0 Å².